The first kappa shape index (κ1) is 27.3. The maximum absolute atomic E-state index is 10.4. The summed E-state index contributed by atoms with van der Waals surface area (Å²) in [6.45, 7) is 19.7. The summed E-state index contributed by atoms with van der Waals surface area (Å²) in [5.74, 6) is 3.12. The predicted molar refractivity (Wildman–Crippen MR) is 116 cm³/mol. The van der Waals surface area contributed by atoms with Gasteiger partial charge in [-0.05, 0) is 42.1 Å². The molecule has 1 unspecified atom stereocenters. The Hall–Kier alpha value is -0.890. The van der Waals surface area contributed by atoms with E-state index in [1.807, 2.05) is 6.79 Å². The van der Waals surface area contributed by atoms with Crippen LogP contribution in [0.2, 0.25) is 0 Å². The van der Waals surface area contributed by atoms with Gasteiger partial charge in [0.05, 0.1) is 6.10 Å². The highest BCUT2D eigenvalue weighted by atomic mass is 16.3. The lowest BCUT2D eigenvalue weighted by atomic mass is 9.70. The number of carbonyl (C=O) groups excluding carboxylic acids is 1. The third-order valence-electron chi connectivity index (χ3n) is 5.22. The van der Waals surface area contributed by atoms with Crippen LogP contribution in [0.1, 0.15) is 87.5 Å². The van der Waals surface area contributed by atoms with E-state index in [-0.39, 0.29) is 6.10 Å². The quantitative estimate of drug-likeness (QED) is 0.581. The number of allylic oxidation sites excluding steroid dienone is 3. The lowest BCUT2D eigenvalue weighted by Gasteiger charge is -2.37. The summed E-state index contributed by atoms with van der Waals surface area (Å²) in [7, 11) is 0. The number of hydrogen-bond acceptors (Lipinski definition) is 2. The fraction of sp³-hybridized carbons (Fsp3) is 0.792. The number of hydrogen-bond donors (Lipinski definition) is 1. The maximum Gasteiger partial charge on any atom is 0.106 e. The Balaban J connectivity index is 0. The van der Waals surface area contributed by atoms with Crippen LogP contribution in [0.3, 0.4) is 0 Å². The van der Waals surface area contributed by atoms with Gasteiger partial charge < -0.3 is 9.90 Å². The van der Waals surface area contributed by atoms with E-state index < -0.39 is 0 Å². The van der Waals surface area contributed by atoms with E-state index in [0.29, 0.717) is 23.7 Å². The van der Waals surface area contributed by atoms with Crippen molar-refractivity contribution in [2.75, 3.05) is 0 Å². The third kappa shape index (κ3) is 10.3. The molecule has 154 valence electrons. The first-order valence-corrected chi connectivity index (χ1v) is 10.7. The molecule has 0 aliphatic heterocycles. The van der Waals surface area contributed by atoms with Crippen molar-refractivity contribution in [1.82, 2.24) is 0 Å². The molecule has 0 aromatic rings. The van der Waals surface area contributed by atoms with E-state index in [1.54, 1.807) is 0 Å². The molecule has 5 atom stereocenters. The number of fused-ring (bicyclic) bond motifs is 1. The molecule has 2 aliphatic carbocycles. The van der Waals surface area contributed by atoms with Crippen molar-refractivity contribution in [2.24, 2.45) is 29.6 Å². The first-order chi connectivity index (χ1) is 12.3. The lowest BCUT2D eigenvalue weighted by molar-refractivity contribution is -0.0979. The van der Waals surface area contributed by atoms with Crippen LogP contribution < -0.4 is 0 Å². The van der Waals surface area contributed by atoms with E-state index >= 15 is 0 Å². The van der Waals surface area contributed by atoms with Crippen molar-refractivity contribution in [3.05, 3.63) is 23.8 Å². The molecule has 0 saturated carbocycles. The Morgan fingerprint density at radius 2 is 1.65 bits per heavy atom. The van der Waals surface area contributed by atoms with E-state index in [4.69, 9.17) is 4.79 Å². The van der Waals surface area contributed by atoms with Crippen LogP contribution in [0.5, 0.6) is 0 Å². The van der Waals surface area contributed by atoms with E-state index in [1.165, 1.54) is 24.8 Å². The van der Waals surface area contributed by atoms with Gasteiger partial charge in [0.15, 0.2) is 0 Å². The summed E-state index contributed by atoms with van der Waals surface area (Å²) in [6, 6.07) is 0. The minimum atomic E-state index is -0.138. The summed E-state index contributed by atoms with van der Waals surface area (Å²) >= 11 is 0. The largest absolute Gasteiger partial charge is 0.392 e. The van der Waals surface area contributed by atoms with Crippen LogP contribution in [-0.4, -0.2) is 18.0 Å². The Morgan fingerprint density at radius 1 is 1.15 bits per heavy atom. The Morgan fingerprint density at radius 3 is 2.08 bits per heavy atom. The Bertz CT molecular complexity index is 384. The summed E-state index contributed by atoms with van der Waals surface area (Å²) in [5, 5.41) is 10.4. The van der Waals surface area contributed by atoms with Gasteiger partial charge in [-0.2, -0.15) is 0 Å². The second-order valence-corrected chi connectivity index (χ2v) is 8.17. The summed E-state index contributed by atoms with van der Waals surface area (Å²) < 4.78 is 0. The first-order valence-electron chi connectivity index (χ1n) is 10.7. The zero-order valence-electron chi connectivity index (χ0n) is 18.8. The molecule has 2 aliphatic rings. The molecule has 26 heavy (non-hydrogen) atoms. The van der Waals surface area contributed by atoms with Gasteiger partial charge in [0.2, 0.25) is 0 Å². The van der Waals surface area contributed by atoms with Crippen molar-refractivity contribution in [1.29, 1.82) is 0 Å². The second kappa shape index (κ2) is 16.3. The maximum atomic E-state index is 10.4. The van der Waals surface area contributed by atoms with Crippen molar-refractivity contribution < 1.29 is 9.90 Å². The highest BCUT2D eigenvalue weighted by Crippen LogP contribution is 2.41. The fourth-order valence-electron chi connectivity index (χ4n) is 3.42. The highest BCUT2D eigenvalue weighted by Gasteiger charge is 2.36. The second-order valence-electron chi connectivity index (χ2n) is 8.17. The molecule has 2 heteroatoms. The van der Waals surface area contributed by atoms with Crippen molar-refractivity contribution in [3.8, 4) is 0 Å². The zero-order chi connectivity index (χ0) is 20.7. The van der Waals surface area contributed by atoms with Gasteiger partial charge in [-0.25, -0.2) is 0 Å². The average Bonchev–Trinajstić information content (AvgIpc) is 2.76. The van der Waals surface area contributed by atoms with Crippen LogP contribution in [0, 0.1) is 29.6 Å². The van der Waals surface area contributed by atoms with Gasteiger partial charge in [0, 0.05) is 5.92 Å². The van der Waals surface area contributed by atoms with Crippen molar-refractivity contribution in [3.63, 3.8) is 0 Å². The van der Waals surface area contributed by atoms with Gasteiger partial charge in [-0.3, -0.25) is 0 Å². The Kier molecular flexibility index (Phi) is 17.1. The highest BCUT2D eigenvalue weighted by molar-refractivity contribution is 5.29. The molecule has 0 aromatic carbocycles. The van der Waals surface area contributed by atoms with Crippen LogP contribution >= 0.6 is 0 Å². The summed E-state index contributed by atoms with van der Waals surface area (Å²) in [6.07, 6.45) is 12.6. The van der Waals surface area contributed by atoms with Crippen LogP contribution in [0.25, 0.3) is 0 Å². The van der Waals surface area contributed by atoms with Crippen LogP contribution in [-0.2, 0) is 4.79 Å². The Labute approximate surface area is 164 Å². The van der Waals surface area contributed by atoms with E-state index in [2.05, 4.69) is 73.6 Å². The fourth-order valence-corrected chi connectivity index (χ4v) is 3.42. The minimum Gasteiger partial charge on any atom is -0.392 e. The molecule has 0 fully saturated rings. The molecule has 0 radical (unpaired) electrons. The summed E-state index contributed by atoms with van der Waals surface area (Å²) in [5.41, 5.74) is 1.39. The number of rotatable bonds is 2. The monoisotopic (exact) mass is 366 g/mol. The lowest BCUT2D eigenvalue weighted by Crippen LogP contribution is -2.34. The van der Waals surface area contributed by atoms with Gasteiger partial charge in [0.25, 0.3) is 0 Å². The molecule has 1 N–H and O–H groups in total. The third-order valence-corrected chi connectivity index (χ3v) is 5.22. The SMILES string of the molecule is C=O.CCC.CCC(C)C.CC[C@@H]1[C@@H]2C(=CCC(C)C[C@@H]2O)C=C[C@@H]1C. The van der Waals surface area contributed by atoms with E-state index in [0.717, 1.165) is 18.8 Å². The molecule has 0 heterocycles. The zero-order valence-corrected chi connectivity index (χ0v) is 18.8. The molecule has 0 aromatic heterocycles. The molecule has 0 amide bonds. The normalized spacial score (nSPS) is 29.5. The van der Waals surface area contributed by atoms with Gasteiger partial charge in [0.1, 0.15) is 6.79 Å². The minimum absolute atomic E-state index is 0.138. The topological polar surface area (TPSA) is 37.3 Å². The average molecular weight is 367 g/mol. The molecular formula is C24H46O2. The summed E-state index contributed by atoms with van der Waals surface area (Å²) in [4.78, 5) is 8.00. The predicted octanol–water partition coefficient (Wildman–Crippen LogP) is 6.84. The molecule has 2 nitrogen and oxygen atoms in total. The number of carbonyl (C=O) groups is 1. The van der Waals surface area contributed by atoms with Crippen LogP contribution in [0.4, 0.5) is 0 Å². The van der Waals surface area contributed by atoms with Gasteiger partial charge in [-0.15, -0.1) is 0 Å². The van der Waals surface area contributed by atoms with Crippen molar-refractivity contribution in [2.45, 2.75) is 93.6 Å². The van der Waals surface area contributed by atoms with Gasteiger partial charge >= 0.3 is 0 Å². The van der Waals surface area contributed by atoms with Crippen LogP contribution in [0.15, 0.2) is 23.8 Å². The van der Waals surface area contributed by atoms with Gasteiger partial charge in [-0.1, -0.05) is 92.9 Å². The molecule has 0 bridgehead atoms. The molecule has 2 rings (SSSR count). The number of aliphatic hydroxyl groups excluding tert-OH is 1. The van der Waals surface area contributed by atoms with E-state index in [9.17, 15) is 5.11 Å². The molecular weight excluding hydrogens is 320 g/mol. The smallest absolute Gasteiger partial charge is 0.106 e. The van der Waals surface area contributed by atoms with Crippen molar-refractivity contribution >= 4 is 6.79 Å². The number of aliphatic hydroxyl groups is 1. The molecule has 0 spiro atoms. The molecule has 0 saturated heterocycles. The standard InChI is InChI=1S/C15H24O.C5H12.C3H8.CH2O/c1-4-13-11(3)6-8-12-7-5-10(2)9-14(16)15(12)13;1-4-5(2)3;1-3-2;1-2/h6-8,10-11,13-16H,4-5,9H2,1-3H3;5H,4H2,1-3H3;3H2,1-2H3;1H2/t10?,11-,13-,14-,15-;;;/m0.../s1.